The summed E-state index contributed by atoms with van der Waals surface area (Å²) in [6.45, 7) is 27.5. The molecule has 5 rings (SSSR count). The fourth-order valence-corrected chi connectivity index (χ4v) is 11.1. The molecule has 0 radical (unpaired) electrons. The topological polar surface area (TPSA) is 160 Å². The summed E-state index contributed by atoms with van der Waals surface area (Å²) < 4.78 is 50.4. The number of nitrogens with zero attached hydrogens (tertiary/aromatic N) is 4. The Kier molecular flexibility index (Phi) is 40.3. The quantitative estimate of drug-likeness (QED) is 0.0360. The molecular formula is C70H110Cl2N6O6. The fourth-order valence-electron chi connectivity index (χ4n) is 11.1. The van der Waals surface area contributed by atoms with Crippen LogP contribution in [0.5, 0.6) is 0 Å². The van der Waals surface area contributed by atoms with Gasteiger partial charge in [0.05, 0.1) is 21.6 Å². The van der Waals surface area contributed by atoms with Crippen molar-refractivity contribution >= 4 is 56.9 Å². The summed E-state index contributed by atoms with van der Waals surface area (Å²) in [5, 5.41) is 0. The number of hydrogen-bond acceptors (Lipinski definition) is 10. The van der Waals surface area contributed by atoms with Crippen molar-refractivity contribution in [1.29, 1.82) is 0 Å². The summed E-state index contributed by atoms with van der Waals surface area (Å²) in [5.74, 6) is 0. The van der Waals surface area contributed by atoms with E-state index >= 15 is 0 Å². The van der Waals surface area contributed by atoms with Crippen molar-refractivity contribution < 1.29 is 59.3 Å². The van der Waals surface area contributed by atoms with Crippen LogP contribution in [0, 0.1) is 21.6 Å². The van der Waals surface area contributed by atoms with E-state index in [1.165, 1.54) is 221 Å². The van der Waals surface area contributed by atoms with Gasteiger partial charge in [0, 0.05) is 148 Å². The highest BCUT2D eigenvalue weighted by atomic mass is 35.6. The molecule has 0 heterocycles. The SMILES string of the molecule is CCCCCN(CCCCC)c1ccc([NH+](c2ccc(N(CCCCC)CCCCC)cc2)c2ccc([NH+](c3ccc(N(CCCCC)CCCCC)cc3)c3ccc(N(CCCCC)CCCCC)cc3)cc2)cc1.[O-][Cl+2]([O-])[O-].[O-][Cl+2]([O-])[O-]. The molecule has 0 atom stereocenters. The maximum absolute atomic E-state index is 8.41. The van der Waals surface area contributed by atoms with E-state index in [0.29, 0.717) is 0 Å². The highest BCUT2D eigenvalue weighted by Crippen LogP contribution is 2.28. The van der Waals surface area contributed by atoms with E-state index in [0.717, 1.165) is 52.4 Å². The summed E-state index contributed by atoms with van der Waals surface area (Å²) in [5.41, 5.74) is 13.0. The Hall–Kier alpha value is -4.44. The van der Waals surface area contributed by atoms with Gasteiger partial charge in [-0.2, -0.15) is 0 Å². The number of unbranched alkanes of at least 4 members (excludes halogenated alkanes) is 16. The summed E-state index contributed by atoms with van der Waals surface area (Å²) in [6.07, 6.45) is 30.2. The van der Waals surface area contributed by atoms with Crippen LogP contribution in [0.25, 0.3) is 0 Å². The van der Waals surface area contributed by atoms with Crippen LogP contribution in [0.3, 0.4) is 0 Å². The van der Waals surface area contributed by atoms with Crippen molar-refractivity contribution in [2.45, 2.75) is 209 Å². The van der Waals surface area contributed by atoms with Crippen LogP contribution in [0.4, 0.5) is 56.9 Å². The lowest BCUT2D eigenvalue weighted by Gasteiger charge is -2.27. The summed E-state index contributed by atoms with van der Waals surface area (Å²) in [4.78, 5) is 13.2. The van der Waals surface area contributed by atoms with E-state index in [2.05, 4.69) is 196 Å². The maximum atomic E-state index is 8.41. The normalized spacial score (nSPS) is 11.3. The molecule has 0 bridgehead atoms. The number of halogens is 2. The second kappa shape index (κ2) is 45.8. The van der Waals surface area contributed by atoms with Crippen LogP contribution < -0.4 is 57.4 Å². The molecule has 14 heteroatoms. The third-order valence-corrected chi connectivity index (χ3v) is 15.8. The van der Waals surface area contributed by atoms with Crippen LogP contribution in [-0.2, 0) is 0 Å². The van der Waals surface area contributed by atoms with Gasteiger partial charge in [0.1, 0.15) is 34.1 Å². The van der Waals surface area contributed by atoms with E-state index in [4.69, 9.17) is 28.0 Å². The first kappa shape index (κ1) is 73.8. The smallest absolute Gasteiger partial charge is 0.141 e. The van der Waals surface area contributed by atoms with Gasteiger partial charge in [0.15, 0.2) is 0 Å². The van der Waals surface area contributed by atoms with Crippen molar-refractivity contribution in [2.75, 3.05) is 72.0 Å². The molecule has 0 aliphatic heterocycles. The number of anilines is 4. The molecule has 84 heavy (non-hydrogen) atoms. The van der Waals surface area contributed by atoms with Gasteiger partial charge in [0.25, 0.3) is 0 Å². The standard InChI is InChI=1S/C70H108N6.2ClO3/c1-9-17-25-53-71(54-26-18-10-2)61-33-41-65(42-34-61)75(66-43-35-62(36-44-66)72(55-27-19-11-3)56-28-20-12-4)69-49-51-70(52-50-69)76(67-45-37-63(38-46-67)73(57-29-21-13-5)58-30-22-14-6)68-47-39-64(40-48-68)74(59-31-23-15-7)60-32-24-16-8;2*2-1(3)4/h33-52H,9-32,53-60H2,1-8H3;;/q;2*-1/p+2. The molecule has 0 spiro atoms. The van der Waals surface area contributed by atoms with Gasteiger partial charge < -0.3 is 47.6 Å². The second-order valence-corrected chi connectivity index (χ2v) is 23.3. The molecule has 0 aromatic heterocycles. The summed E-state index contributed by atoms with van der Waals surface area (Å²) in [7, 11) is -5.70. The molecule has 0 amide bonds. The van der Waals surface area contributed by atoms with Crippen molar-refractivity contribution in [1.82, 2.24) is 0 Å². The molecule has 470 valence electrons. The first-order valence-corrected chi connectivity index (χ1v) is 34.5. The molecule has 0 aliphatic rings. The third kappa shape index (κ3) is 28.8. The maximum Gasteiger partial charge on any atom is 0.141 e. The lowest BCUT2D eigenvalue weighted by Crippen LogP contribution is -2.97. The van der Waals surface area contributed by atoms with Crippen LogP contribution >= 0.6 is 0 Å². The highest BCUT2D eigenvalue weighted by Gasteiger charge is 2.25. The Balaban J connectivity index is 0.00000217. The Labute approximate surface area is 516 Å². The fraction of sp³-hybridized carbons (Fsp3) is 0.571. The Bertz CT molecular complexity index is 1990. The molecule has 2 N–H and O–H groups in total. The van der Waals surface area contributed by atoms with Crippen LogP contribution in [0.1, 0.15) is 209 Å². The molecular weight excluding hydrogens is 1090 g/mol. The Morgan fingerprint density at radius 1 is 0.226 bits per heavy atom. The van der Waals surface area contributed by atoms with E-state index in [9.17, 15) is 0 Å². The average molecular weight is 1200 g/mol. The van der Waals surface area contributed by atoms with Crippen LogP contribution in [-0.4, -0.2) is 52.4 Å². The first-order chi connectivity index (χ1) is 40.9. The van der Waals surface area contributed by atoms with Crippen molar-refractivity contribution in [3.05, 3.63) is 121 Å². The highest BCUT2D eigenvalue weighted by molar-refractivity contribution is 5.60. The third-order valence-electron chi connectivity index (χ3n) is 15.8. The number of benzene rings is 5. The van der Waals surface area contributed by atoms with E-state index < -0.39 is 21.6 Å². The number of nitrogens with one attached hydrogen (secondary N) is 2. The van der Waals surface area contributed by atoms with E-state index in [-0.39, 0.29) is 0 Å². The molecule has 0 saturated heterocycles. The molecule has 0 saturated carbocycles. The predicted octanol–water partition coefficient (Wildman–Crippen LogP) is 11.7. The first-order valence-electron chi connectivity index (χ1n) is 32.6. The van der Waals surface area contributed by atoms with Crippen molar-refractivity contribution in [3.8, 4) is 0 Å². The number of rotatable bonds is 42. The van der Waals surface area contributed by atoms with Gasteiger partial charge in [-0.15, -0.1) is 0 Å². The lowest BCUT2D eigenvalue weighted by atomic mass is 10.1. The van der Waals surface area contributed by atoms with Gasteiger partial charge in [-0.25, -0.2) is 9.80 Å². The number of quaternary nitrogens is 2. The van der Waals surface area contributed by atoms with Gasteiger partial charge in [-0.05, 0) is 99.9 Å². The Morgan fingerprint density at radius 3 is 0.464 bits per heavy atom. The molecule has 12 nitrogen and oxygen atoms in total. The minimum Gasteiger partial charge on any atom is -0.372 e. The molecule has 5 aromatic carbocycles. The van der Waals surface area contributed by atoms with Gasteiger partial charge in [-0.3, -0.25) is 0 Å². The van der Waals surface area contributed by atoms with Crippen molar-refractivity contribution in [2.24, 2.45) is 0 Å². The zero-order valence-corrected chi connectivity index (χ0v) is 54.7. The summed E-state index contributed by atoms with van der Waals surface area (Å²) in [6, 6.07) is 48.1. The zero-order valence-electron chi connectivity index (χ0n) is 53.2. The minimum atomic E-state index is -2.85. The zero-order chi connectivity index (χ0) is 61.2. The molecule has 0 fully saturated rings. The average Bonchev–Trinajstić information content (AvgIpc) is 3.59. The van der Waals surface area contributed by atoms with E-state index in [1.54, 1.807) is 0 Å². The molecule has 0 aliphatic carbocycles. The second-order valence-electron chi connectivity index (χ2n) is 22.5. The number of hydrogen-bond donors (Lipinski definition) is 2. The van der Waals surface area contributed by atoms with Crippen LogP contribution in [0.2, 0.25) is 0 Å². The van der Waals surface area contributed by atoms with Crippen LogP contribution in [0.15, 0.2) is 121 Å². The van der Waals surface area contributed by atoms with E-state index in [1.807, 2.05) is 0 Å². The van der Waals surface area contributed by atoms with Crippen molar-refractivity contribution in [3.63, 3.8) is 0 Å². The largest absolute Gasteiger partial charge is 0.372 e. The van der Waals surface area contributed by atoms with Gasteiger partial charge >= 0.3 is 0 Å². The van der Waals surface area contributed by atoms with Gasteiger partial charge in [0.2, 0.25) is 0 Å². The predicted molar refractivity (Wildman–Crippen MR) is 337 cm³/mol. The van der Waals surface area contributed by atoms with Gasteiger partial charge in [-0.1, -0.05) is 158 Å². The monoisotopic (exact) mass is 1200 g/mol. The molecule has 5 aromatic rings. The Morgan fingerprint density at radius 2 is 0.345 bits per heavy atom. The molecule has 0 unspecified atom stereocenters. The lowest BCUT2D eigenvalue weighted by molar-refractivity contribution is -1.73. The summed E-state index contributed by atoms with van der Waals surface area (Å²) >= 11 is 0. The minimum absolute atomic E-state index is 1.13.